The molecule has 1 aromatic rings. The largest absolute Gasteiger partial charge is 0.294 e. The first-order chi connectivity index (χ1) is 7.13. The number of nitrogens with zero attached hydrogens (tertiary/aromatic N) is 1. The minimum atomic E-state index is 0.145. The number of pyridine rings is 1. The highest BCUT2D eigenvalue weighted by atomic mass is 16.1. The minimum absolute atomic E-state index is 0.145. The van der Waals surface area contributed by atoms with Gasteiger partial charge in [-0.2, -0.15) is 0 Å². The number of hydrogen-bond acceptors (Lipinski definition) is 2. The summed E-state index contributed by atoms with van der Waals surface area (Å²) in [6.45, 7) is 5.58. The minimum Gasteiger partial charge on any atom is -0.294 e. The van der Waals surface area contributed by atoms with E-state index in [0.717, 1.165) is 17.0 Å². The quantitative estimate of drug-likeness (QED) is 0.556. The summed E-state index contributed by atoms with van der Waals surface area (Å²) in [7, 11) is 0. The van der Waals surface area contributed by atoms with Gasteiger partial charge in [-0.05, 0) is 32.9 Å². The first-order valence-corrected chi connectivity index (χ1v) is 5.01. The van der Waals surface area contributed by atoms with E-state index in [9.17, 15) is 4.79 Å². The van der Waals surface area contributed by atoms with Crippen molar-refractivity contribution in [2.45, 2.75) is 33.6 Å². The van der Waals surface area contributed by atoms with E-state index in [1.807, 2.05) is 26.0 Å². The van der Waals surface area contributed by atoms with Crippen LogP contribution in [0.4, 0.5) is 0 Å². The molecule has 1 aromatic heterocycles. The van der Waals surface area contributed by atoms with Crippen LogP contribution in [-0.4, -0.2) is 10.8 Å². The highest BCUT2D eigenvalue weighted by Crippen LogP contribution is 2.08. The van der Waals surface area contributed by atoms with E-state index in [0.29, 0.717) is 12.8 Å². The fraction of sp³-hybridized carbons (Fsp3) is 0.385. The number of Topliss-reactive ketones (excluding diaryl/α,β-unsaturated/α-hetero) is 1. The summed E-state index contributed by atoms with van der Waals surface area (Å²) in [5, 5.41) is 0. The van der Waals surface area contributed by atoms with E-state index < -0.39 is 0 Å². The Bertz CT molecular complexity index is 404. The molecule has 1 heterocycles. The Labute approximate surface area is 90.7 Å². The summed E-state index contributed by atoms with van der Waals surface area (Å²) < 4.78 is 0. The van der Waals surface area contributed by atoms with Crippen molar-refractivity contribution in [3.63, 3.8) is 0 Å². The van der Waals surface area contributed by atoms with Gasteiger partial charge < -0.3 is 0 Å². The van der Waals surface area contributed by atoms with Crippen LogP contribution in [-0.2, 0) is 0 Å². The van der Waals surface area contributed by atoms with Crippen molar-refractivity contribution in [3.05, 3.63) is 29.1 Å². The maximum Gasteiger partial charge on any atom is 0.163 e. The van der Waals surface area contributed by atoms with E-state index in [-0.39, 0.29) is 5.78 Å². The zero-order valence-corrected chi connectivity index (χ0v) is 9.42. The number of hydrogen-bond donors (Lipinski definition) is 0. The van der Waals surface area contributed by atoms with Gasteiger partial charge >= 0.3 is 0 Å². The van der Waals surface area contributed by atoms with Crippen molar-refractivity contribution >= 4 is 5.78 Å². The SMILES string of the molecule is CC#CCCC(=O)c1cc(C)nc(C)c1. The number of carbonyl (C=O) groups is 1. The van der Waals surface area contributed by atoms with E-state index in [1.165, 1.54) is 0 Å². The molecule has 15 heavy (non-hydrogen) atoms. The molecular weight excluding hydrogens is 186 g/mol. The van der Waals surface area contributed by atoms with Crippen LogP contribution < -0.4 is 0 Å². The van der Waals surface area contributed by atoms with E-state index in [4.69, 9.17) is 0 Å². The van der Waals surface area contributed by atoms with Crippen molar-refractivity contribution in [2.24, 2.45) is 0 Å². The molecule has 0 bridgehead atoms. The number of aromatic nitrogens is 1. The van der Waals surface area contributed by atoms with Gasteiger partial charge in [0.15, 0.2) is 5.78 Å². The van der Waals surface area contributed by atoms with Gasteiger partial charge in [-0.25, -0.2) is 0 Å². The molecular formula is C13H15NO. The highest BCUT2D eigenvalue weighted by Gasteiger charge is 2.06. The summed E-state index contributed by atoms with van der Waals surface area (Å²) in [4.78, 5) is 16.0. The van der Waals surface area contributed by atoms with Crippen LogP contribution in [0.2, 0.25) is 0 Å². The van der Waals surface area contributed by atoms with Gasteiger partial charge in [-0.1, -0.05) is 0 Å². The predicted molar refractivity (Wildman–Crippen MR) is 60.7 cm³/mol. The fourth-order valence-electron chi connectivity index (χ4n) is 1.44. The second-order valence-electron chi connectivity index (χ2n) is 3.49. The van der Waals surface area contributed by atoms with E-state index in [2.05, 4.69) is 16.8 Å². The summed E-state index contributed by atoms with van der Waals surface area (Å²) in [5.74, 6) is 5.82. The van der Waals surface area contributed by atoms with Gasteiger partial charge in [-0.3, -0.25) is 9.78 Å². The average Bonchev–Trinajstić information content (AvgIpc) is 2.16. The third kappa shape index (κ3) is 3.55. The Hall–Kier alpha value is -1.62. The lowest BCUT2D eigenvalue weighted by Crippen LogP contribution is -2.01. The second-order valence-corrected chi connectivity index (χ2v) is 3.49. The fourth-order valence-corrected chi connectivity index (χ4v) is 1.44. The number of rotatable bonds is 3. The first-order valence-electron chi connectivity index (χ1n) is 5.01. The van der Waals surface area contributed by atoms with Crippen molar-refractivity contribution in [3.8, 4) is 11.8 Å². The zero-order valence-electron chi connectivity index (χ0n) is 9.42. The number of ketones is 1. The molecule has 0 saturated heterocycles. The Balaban J connectivity index is 2.76. The number of carbonyl (C=O) groups excluding carboxylic acids is 1. The molecule has 0 aliphatic rings. The van der Waals surface area contributed by atoms with Gasteiger partial charge in [0, 0.05) is 29.8 Å². The van der Waals surface area contributed by atoms with Crippen molar-refractivity contribution in [1.82, 2.24) is 4.98 Å². The Morgan fingerprint density at radius 1 is 1.33 bits per heavy atom. The van der Waals surface area contributed by atoms with Crippen LogP contribution in [0.3, 0.4) is 0 Å². The molecule has 2 nitrogen and oxygen atoms in total. The topological polar surface area (TPSA) is 30.0 Å². The van der Waals surface area contributed by atoms with Crippen molar-refractivity contribution < 1.29 is 4.79 Å². The van der Waals surface area contributed by atoms with Crippen molar-refractivity contribution in [2.75, 3.05) is 0 Å². The lowest BCUT2D eigenvalue weighted by atomic mass is 10.1. The normalized spacial score (nSPS) is 9.27. The first kappa shape index (κ1) is 11.5. The molecule has 0 atom stereocenters. The lowest BCUT2D eigenvalue weighted by molar-refractivity contribution is 0.0984. The Morgan fingerprint density at radius 3 is 2.47 bits per heavy atom. The second kappa shape index (κ2) is 5.31. The third-order valence-electron chi connectivity index (χ3n) is 2.06. The Morgan fingerprint density at radius 2 is 1.93 bits per heavy atom. The van der Waals surface area contributed by atoms with Crippen LogP contribution in [0, 0.1) is 25.7 Å². The summed E-state index contributed by atoms with van der Waals surface area (Å²) >= 11 is 0. The molecule has 0 aromatic carbocycles. The Kier molecular flexibility index (Phi) is 4.05. The molecule has 78 valence electrons. The van der Waals surface area contributed by atoms with Crippen LogP contribution in [0.15, 0.2) is 12.1 Å². The summed E-state index contributed by atoms with van der Waals surface area (Å²) in [6.07, 6.45) is 1.12. The van der Waals surface area contributed by atoms with E-state index >= 15 is 0 Å². The molecule has 0 amide bonds. The molecule has 0 spiro atoms. The van der Waals surface area contributed by atoms with Crippen LogP contribution in [0.5, 0.6) is 0 Å². The molecule has 0 aliphatic carbocycles. The van der Waals surface area contributed by atoms with Gasteiger partial charge in [0.05, 0.1) is 0 Å². The number of aryl methyl sites for hydroxylation is 2. The van der Waals surface area contributed by atoms with Gasteiger partial charge in [0.2, 0.25) is 0 Å². The molecule has 2 heteroatoms. The van der Waals surface area contributed by atoms with Gasteiger partial charge in [-0.15, -0.1) is 11.8 Å². The average molecular weight is 201 g/mol. The highest BCUT2D eigenvalue weighted by molar-refractivity contribution is 5.96. The summed E-state index contributed by atoms with van der Waals surface area (Å²) in [6, 6.07) is 3.66. The molecule has 0 N–H and O–H groups in total. The molecule has 0 unspecified atom stereocenters. The van der Waals surface area contributed by atoms with E-state index in [1.54, 1.807) is 6.92 Å². The molecule has 0 saturated carbocycles. The standard InChI is InChI=1S/C13H15NO/c1-4-5-6-7-13(15)12-8-10(2)14-11(3)9-12/h8-9H,6-7H2,1-3H3. The maximum atomic E-state index is 11.7. The molecule has 0 radical (unpaired) electrons. The smallest absolute Gasteiger partial charge is 0.163 e. The monoisotopic (exact) mass is 201 g/mol. The maximum absolute atomic E-state index is 11.7. The summed E-state index contributed by atoms with van der Waals surface area (Å²) in [5.41, 5.74) is 2.53. The molecule has 1 rings (SSSR count). The van der Waals surface area contributed by atoms with Crippen LogP contribution >= 0.6 is 0 Å². The zero-order chi connectivity index (χ0) is 11.3. The van der Waals surface area contributed by atoms with Crippen molar-refractivity contribution in [1.29, 1.82) is 0 Å². The van der Waals surface area contributed by atoms with Gasteiger partial charge in [0.25, 0.3) is 0 Å². The van der Waals surface area contributed by atoms with Gasteiger partial charge in [0.1, 0.15) is 0 Å². The van der Waals surface area contributed by atoms with Crippen LogP contribution in [0.25, 0.3) is 0 Å². The third-order valence-corrected chi connectivity index (χ3v) is 2.06. The lowest BCUT2D eigenvalue weighted by Gasteiger charge is -2.01. The van der Waals surface area contributed by atoms with Crippen LogP contribution in [0.1, 0.15) is 41.5 Å². The molecule has 0 fully saturated rings. The molecule has 0 aliphatic heterocycles. The predicted octanol–water partition coefficient (Wildman–Crippen LogP) is 2.68.